The average Bonchev–Trinajstić information content (AvgIpc) is 3.05. The summed E-state index contributed by atoms with van der Waals surface area (Å²) in [5, 5.41) is 7.71. The number of halogens is 4. The molecule has 1 aliphatic rings. The van der Waals surface area contributed by atoms with Crippen molar-refractivity contribution in [3.63, 3.8) is 0 Å². The van der Waals surface area contributed by atoms with E-state index in [1.165, 1.54) is 19.3 Å². The maximum absolute atomic E-state index is 12.6. The largest absolute Gasteiger partial charge is 0.434 e. The van der Waals surface area contributed by atoms with Crippen LogP contribution in [-0.4, -0.2) is 48.1 Å². The van der Waals surface area contributed by atoms with Crippen molar-refractivity contribution >= 4 is 41.3 Å². The molecule has 0 atom stereocenters. The number of nitrogens with zero attached hydrogens (tertiary/aromatic N) is 3. The fourth-order valence-electron chi connectivity index (χ4n) is 2.81. The average molecular weight is 505 g/mol. The van der Waals surface area contributed by atoms with E-state index in [-0.39, 0.29) is 36.1 Å². The molecule has 1 saturated heterocycles. The van der Waals surface area contributed by atoms with Gasteiger partial charge >= 0.3 is 6.18 Å². The van der Waals surface area contributed by atoms with Crippen molar-refractivity contribution in [2.75, 3.05) is 26.7 Å². The topological polar surface area (TPSA) is 52.6 Å². The summed E-state index contributed by atoms with van der Waals surface area (Å²) in [5.74, 6) is 0.564. The van der Waals surface area contributed by atoms with Gasteiger partial charge in [-0.05, 0) is 39.8 Å². The van der Waals surface area contributed by atoms with Crippen molar-refractivity contribution in [3.8, 4) is 0 Å². The van der Waals surface area contributed by atoms with Crippen LogP contribution in [0.25, 0.3) is 0 Å². The van der Waals surface area contributed by atoms with Gasteiger partial charge in [0, 0.05) is 24.5 Å². The molecule has 1 aromatic heterocycles. The summed E-state index contributed by atoms with van der Waals surface area (Å²) in [4.78, 5) is 10.2. The Kier molecular flexibility index (Phi) is 9.07. The molecule has 150 valence electrons. The van der Waals surface area contributed by atoms with E-state index in [0.717, 1.165) is 29.8 Å². The number of hydrogen-bond acceptors (Lipinski definition) is 4. The Bertz CT molecular complexity index is 583. The van der Waals surface area contributed by atoms with Gasteiger partial charge in [-0.2, -0.15) is 13.2 Å². The molecule has 0 aromatic carbocycles. The second kappa shape index (κ2) is 10.1. The van der Waals surface area contributed by atoms with Gasteiger partial charge in [-0.3, -0.25) is 9.89 Å². The molecule has 1 aliphatic heterocycles. The summed E-state index contributed by atoms with van der Waals surface area (Å²) in [6, 6.07) is 0. The molecule has 0 unspecified atom stereocenters. The zero-order chi connectivity index (χ0) is 18.5. The van der Waals surface area contributed by atoms with Crippen LogP contribution in [-0.2, 0) is 12.7 Å². The van der Waals surface area contributed by atoms with Crippen molar-refractivity contribution in [1.29, 1.82) is 0 Å². The van der Waals surface area contributed by atoms with E-state index in [2.05, 4.69) is 39.4 Å². The molecular formula is C16H27F3IN5S. The second-order valence-corrected chi connectivity index (χ2v) is 7.71. The smallest absolute Gasteiger partial charge is 0.355 e. The monoisotopic (exact) mass is 505 g/mol. The van der Waals surface area contributed by atoms with Crippen molar-refractivity contribution in [3.05, 3.63) is 16.1 Å². The molecule has 1 aromatic rings. The molecule has 2 heterocycles. The Morgan fingerprint density at radius 2 is 1.88 bits per heavy atom. The molecule has 2 rings (SSSR count). The molecule has 26 heavy (non-hydrogen) atoms. The minimum Gasteiger partial charge on any atom is -0.355 e. The minimum atomic E-state index is -4.40. The number of nitrogens with one attached hydrogen (secondary N) is 2. The number of alkyl halides is 3. The van der Waals surface area contributed by atoms with E-state index in [1.54, 1.807) is 7.05 Å². The lowest BCUT2D eigenvalue weighted by Gasteiger charge is -2.41. The van der Waals surface area contributed by atoms with Crippen molar-refractivity contribution in [1.82, 2.24) is 20.5 Å². The summed E-state index contributed by atoms with van der Waals surface area (Å²) < 4.78 is 37.7. The summed E-state index contributed by atoms with van der Waals surface area (Å²) in [6.07, 6.45) is -0.659. The van der Waals surface area contributed by atoms with E-state index >= 15 is 0 Å². The molecule has 1 fully saturated rings. The molecule has 0 radical (unpaired) electrons. The zero-order valence-electron chi connectivity index (χ0n) is 15.3. The minimum absolute atomic E-state index is 0. The molecule has 5 nitrogen and oxygen atoms in total. The number of rotatable bonds is 5. The van der Waals surface area contributed by atoms with Gasteiger partial charge in [-0.25, -0.2) is 4.98 Å². The molecule has 0 saturated carbocycles. The van der Waals surface area contributed by atoms with Crippen LogP contribution in [0.5, 0.6) is 0 Å². The van der Waals surface area contributed by atoms with E-state index in [0.29, 0.717) is 17.5 Å². The molecule has 0 amide bonds. The molecule has 0 bridgehead atoms. The van der Waals surface area contributed by atoms with Crippen LogP contribution in [0.4, 0.5) is 13.2 Å². The molecule has 0 spiro atoms. The lowest BCUT2D eigenvalue weighted by atomic mass is 9.98. The highest BCUT2D eigenvalue weighted by Gasteiger charge is 2.33. The van der Waals surface area contributed by atoms with Crippen LogP contribution in [0.3, 0.4) is 0 Å². The fourth-order valence-corrected chi connectivity index (χ4v) is 3.55. The first-order valence-corrected chi connectivity index (χ1v) is 9.31. The number of likely N-dealkylation sites (tertiary alicyclic amines) is 1. The third kappa shape index (κ3) is 6.84. The van der Waals surface area contributed by atoms with E-state index < -0.39 is 11.9 Å². The normalized spacial score (nSPS) is 16.9. The van der Waals surface area contributed by atoms with Gasteiger partial charge in [0.1, 0.15) is 5.01 Å². The third-order valence-electron chi connectivity index (χ3n) is 4.37. The first kappa shape index (κ1) is 23.4. The number of aromatic nitrogens is 1. The van der Waals surface area contributed by atoms with Crippen molar-refractivity contribution < 1.29 is 13.2 Å². The van der Waals surface area contributed by atoms with E-state index in [1.807, 2.05) is 0 Å². The highest BCUT2D eigenvalue weighted by atomic mass is 127. The van der Waals surface area contributed by atoms with Gasteiger partial charge in [0.05, 0.1) is 6.54 Å². The zero-order valence-corrected chi connectivity index (χ0v) is 18.5. The number of thiazole rings is 1. The Morgan fingerprint density at radius 3 is 2.42 bits per heavy atom. The Morgan fingerprint density at radius 1 is 1.23 bits per heavy atom. The predicted molar refractivity (Wildman–Crippen MR) is 110 cm³/mol. The summed E-state index contributed by atoms with van der Waals surface area (Å²) in [5.41, 5.74) is -0.855. The maximum atomic E-state index is 12.6. The van der Waals surface area contributed by atoms with Crippen LogP contribution >= 0.6 is 35.3 Å². The Balaban J connectivity index is 0.00000338. The van der Waals surface area contributed by atoms with Gasteiger partial charge in [0.25, 0.3) is 0 Å². The van der Waals surface area contributed by atoms with Gasteiger partial charge < -0.3 is 10.6 Å². The molecular weight excluding hydrogens is 478 g/mol. The maximum Gasteiger partial charge on any atom is 0.434 e. The lowest BCUT2D eigenvalue weighted by molar-refractivity contribution is -0.140. The number of piperidine rings is 1. The first-order chi connectivity index (χ1) is 11.7. The van der Waals surface area contributed by atoms with Gasteiger partial charge in [-0.15, -0.1) is 35.3 Å². The molecule has 10 heteroatoms. The van der Waals surface area contributed by atoms with Gasteiger partial charge in [0.2, 0.25) is 0 Å². The Labute approximate surface area is 173 Å². The van der Waals surface area contributed by atoms with Crippen molar-refractivity contribution in [2.45, 2.75) is 51.4 Å². The standard InChI is InChI=1S/C16H26F3N5S.HI/c1-15(2,24-7-5-4-6-8-24)11-22-14(20-3)21-9-13-23-12(10-25-13)16(17,18)19;/h10H,4-9,11H2,1-3H3,(H2,20,21,22);1H. The van der Waals surface area contributed by atoms with E-state index in [4.69, 9.17) is 0 Å². The van der Waals surface area contributed by atoms with Crippen LogP contribution in [0, 0.1) is 0 Å². The quantitative estimate of drug-likeness (QED) is 0.364. The lowest BCUT2D eigenvalue weighted by Crippen LogP contribution is -2.54. The summed E-state index contributed by atoms with van der Waals surface area (Å²) in [7, 11) is 1.65. The third-order valence-corrected chi connectivity index (χ3v) is 5.22. The first-order valence-electron chi connectivity index (χ1n) is 8.43. The fraction of sp³-hybridized carbons (Fsp3) is 0.750. The van der Waals surface area contributed by atoms with Crippen LogP contribution in [0.15, 0.2) is 10.4 Å². The van der Waals surface area contributed by atoms with Crippen LogP contribution in [0.2, 0.25) is 0 Å². The molecule has 2 N–H and O–H groups in total. The Hall–Kier alpha value is -0.620. The van der Waals surface area contributed by atoms with Gasteiger partial charge in [0.15, 0.2) is 11.7 Å². The number of guanidine groups is 1. The van der Waals surface area contributed by atoms with E-state index in [9.17, 15) is 13.2 Å². The highest BCUT2D eigenvalue weighted by molar-refractivity contribution is 14.0. The van der Waals surface area contributed by atoms with Crippen LogP contribution < -0.4 is 10.6 Å². The summed E-state index contributed by atoms with van der Waals surface area (Å²) in [6.45, 7) is 7.49. The second-order valence-electron chi connectivity index (χ2n) is 6.76. The van der Waals surface area contributed by atoms with Crippen LogP contribution in [0.1, 0.15) is 43.8 Å². The highest BCUT2D eigenvalue weighted by Crippen LogP contribution is 2.29. The summed E-state index contributed by atoms with van der Waals surface area (Å²) >= 11 is 0.991. The number of hydrogen-bond donors (Lipinski definition) is 2. The van der Waals surface area contributed by atoms with Gasteiger partial charge in [-0.1, -0.05) is 6.42 Å². The molecule has 0 aliphatic carbocycles. The van der Waals surface area contributed by atoms with Crippen molar-refractivity contribution in [2.24, 2.45) is 4.99 Å². The number of aliphatic imine (C=N–C) groups is 1. The predicted octanol–water partition coefficient (Wildman–Crippen LogP) is 3.71. The SMILES string of the molecule is CN=C(NCc1nc(C(F)(F)F)cs1)NCC(C)(C)N1CCCCC1.I.